The third-order valence-electron chi connectivity index (χ3n) is 10.1. The van der Waals surface area contributed by atoms with Crippen molar-refractivity contribution in [3.05, 3.63) is 107 Å². The first-order chi connectivity index (χ1) is 21.4. The summed E-state index contributed by atoms with van der Waals surface area (Å²) in [5.41, 5.74) is 5.30. The van der Waals surface area contributed by atoms with Crippen LogP contribution in [0.2, 0.25) is 0 Å². The maximum absolute atomic E-state index is 13.5. The molecule has 6 heteroatoms. The second kappa shape index (κ2) is 11.6. The van der Waals surface area contributed by atoms with Crippen LogP contribution >= 0.6 is 0 Å². The standard InChI is InChI=1S/C38H37NO5/c1-43-35(40)22-39-36(41)33-13-10-29(18-34(33)38-19-25-14-26(20-38)16-27(15-25)21-38)31-9-5-8-28-17-30(11-12-32(28)31)37(42)44-23-24-6-3-2-4-7-24/h2-13,17-18,25-27H,14-16,19-23H2,1H3,(H,39,41). The average molecular weight is 588 g/mol. The molecule has 4 aromatic carbocycles. The third-order valence-corrected chi connectivity index (χ3v) is 10.1. The minimum Gasteiger partial charge on any atom is -0.468 e. The molecule has 1 amide bonds. The van der Waals surface area contributed by atoms with Crippen LogP contribution in [0.5, 0.6) is 0 Å². The van der Waals surface area contributed by atoms with E-state index in [1.165, 1.54) is 26.4 Å². The molecule has 4 bridgehead atoms. The monoisotopic (exact) mass is 587 g/mol. The van der Waals surface area contributed by atoms with E-state index >= 15 is 0 Å². The first-order valence-corrected chi connectivity index (χ1v) is 15.6. The van der Waals surface area contributed by atoms with Crippen molar-refractivity contribution >= 4 is 28.6 Å². The Morgan fingerprint density at radius 2 is 1.55 bits per heavy atom. The molecule has 0 atom stereocenters. The van der Waals surface area contributed by atoms with Crippen molar-refractivity contribution in [2.75, 3.05) is 13.7 Å². The molecule has 224 valence electrons. The van der Waals surface area contributed by atoms with Crippen LogP contribution in [0.3, 0.4) is 0 Å². The number of amides is 1. The number of rotatable bonds is 8. The number of nitrogens with one attached hydrogen (secondary N) is 1. The Labute approximate surface area is 257 Å². The molecule has 4 aromatic rings. The highest BCUT2D eigenvalue weighted by Gasteiger charge is 2.52. The summed E-state index contributed by atoms with van der Waals surface area (Å²) in [5.74, 6) is 1.10. The van der Waals surface area contributed by atoms with E-state index in [-0.39, 0.29) is 30.4 Å². The summed E-state index contributed by atoms with van der Waals surface area (Å²) in [6.07, 6.45) is 7.27. The summed E-state index contributed by atoms with van der Waals surface area (Å²) in [5, 5.41) is 4.78. The van der Waals surface area contributed by atoms with Gasteiger partial charge in [-0.05, 0) is 119 Å². The van der Waals surface area contributed by atoms with Gasteiger partial charge in [0.05, 0.1) is 12.7 Å². The van der Waals surface area contributed by atoms with Gasteiger partial charge in [-0.1, -0.05) is 60.7 Å². The van der Waals surface area contributed by atoms with Crippen molar-refractivity contribution < 1.29 is 23.9 Å². The summed E-state index contributed by atoms with van der Waals surface area (Å²) >= 11 is 0. The highest BCUT2D eigenvalue weighted by Crippen LogP contribution is 2.61. The number of benzene rings is 4. The molecule has 0 spiro atoms. The molecule has 0 heterocycles. The van der Waals surface area contributed by atoms with Crippen LogP contribution in [0.4, 0.5) is 0 Å². The third kappa shape index (κ3) is 5.38. The highest BCUT2D eigenvalue weighted by atomic mass is 16.5. The molecule has 0 radical (unpaired) electrons. The Bertz CT molecular complexity index is 1710. The van der Waals surface area contributed by atoms with Crippen LogP contribution in [0, 0.1) is 17.8 Å². The van der Waals surface area contributed by atoms with Crippen molar-refractivity contribution in [1.82, 2.24) is 5.32 Å². The van der Waals surface area contributed by atoms with E-state index < -0.39 is 5.97 Å². The predicted octanol–water partition coefficient (Wildman–Crippen LogP) is 7.23. The summed E-state index contributed by atoms with van der Waals surface area (Å²) in [4.78, 5) is 38.2. The zero-order valence-corrected chi connectivity index (χ0v) is 25.0. The molecule has 4 saturated carbocycles. The lowest BCUT2D eigenvalue weighted by atomic mass is 9.47. The lowest BCUT2D eigenvalue weighted by Gasteiger charge is -2.57. The molecule has 4 fully saturated rings. The molecule has 8 rings (SSSR count). The van der Waals surface area contributed by atoms with Gasteiger partial charge in [-0.2, -0.15) is 0 Å². The van der Waals surface area contributed by atoms with Gasteiger partial charge < -0.3 is 14.8 Å². The summed E-state index contributed by atoms with van der Waals surface area (Å²) < 4.78 is 10.3. The van der Waals surface area contributed by atoms with Crippen LogP contribution in [-0.2, 0) is 26.3 Å². The largest absolute Gasteiger partial charge is 0.468 e. The zero-order chi connectivity index (χ0) is 30.3. The first-order valence-electron chi connectivity index (χ1n) is 15.6. The number of carbonyl (C=O) groups is 3. The van der Waals surface area contributed by atoms with Crippen LogP contribution < -0.4 is 5.32 Å². The van der Waals surface area contributed by atoms with Gasteiger partial charge in [-0.25, -0.2) is 4.79 Å². The zero-order valence-electron chi connectivity index (χ0n) is 25.0. The van der Waals surface area contributed by atoms with Gasteiger partial charge in [0, 0.05) is 5.56 Å². The van der Waals surface area contributed by atoms with Gasteiger partial charge in [0.2, 0.25) is 0 Å². The molecule has 4 aliphatic carbocycles. The fourth-order valence-corrected chi connectivity index (χ4v) is 8.58. The van der Waals surface area contributed by atoms with Crippen LogP contribution in [-0.4, -0.2) is 31.5 Å². The minimum atomic E-state index is -0.467. The second-order valence-electron chi connectivity index (χ2n) is 13.0. The van der Waals surface area contributed by atoms with E-state index in [9.17, 15) is 14.4 Å². The van der Waals surface area contributed by atoms with Crippen molar-refractivity contribution in [1.29, 1.82) is 0 Å². The SMILES string of the molecule is COC(=O)CNC(=O)c1ccc(-c2cccc3cc(C(=O)OCc4ccccc4)ccc23)cc1C12CC3CC(CC(C3)C1)C2. The van der Waals surface area contributed by atoms with Gasteiger partial charge in [-0.15, -0.1) is 0 Å². The Balaban J connectivity index is 1.23. The van der Waals surface area contributed by atoms with Gasteiger partial charge >= 0.3 is 11.9 Å². The quantitative estimate of drug-likeness (QED) is 0.220. The Morgan fingerprint density at radius 1 is 0.818 bits per heavy atom. The molecule has 0 saturated heterocycles. The van der Waals surface area contributed by atoms with Crippen molar-refractivity contribution in [3.8, 4) is 11.1 Å². The van der Waals surface area contributed by atoms with Gasteiger partial charge in [0.1, 0.15) is 13.2 Å². The number of esters is 2. The van der Waals surface area contributed by atoms with Gasteiger partial charge in [0.15, 0.2) is 0 Å². The molecule has 1 N–H and O–H groups in total. The van der Waals surface area contributed by atoms with E-state index in [0.29, 0.717) is 28.9 Å². The Kier molecular flexibility index (Phi) is 7.45. The predicted molar refractivity (Wildman–Crippen MR) is 169 cm³/mol. The van der Waals surface area contributed by atoms with E-state index in [1.807, 2.05) is 72.8 Å². The number of ether oxygens (including phenoxy) is 2. The lowest BCUT2D eigenvalue weighted by molar-refractivity contribution is -0.139. The van der Waals surface area contributed by atoms with Crippen molar-refractivity contribution in [2.24, 2.45) is 17.8 Å². The number of fused-ring (bicyclic) bond motifs is 1. The smallest absolute Gasteiger partial charge is 0.338 e. The molecule has 44 heavy (non-hydrogen) atoms. The normalized spacial score (nSPS) is 23.3. The number of hydrogen-bond acceptors (Lipinski definition) is 5. The van der Waals surface area contributed by atoms with E-state index in [4.69, 9.17) is 9.47 Å². The highest BCUT2D eigenvalue weighted by molar-refractivity contribution is 6.02. The maximum Gasteiger partial charge on any atom is 0.338 e. The molecule has 4 aliphatic rings. The fourth-order valence-electron chi connectivity index (χ4n) is 8.58. The molecular formula is C38H37NO5. The van der Waals surface area contributed by atoms with Crippen molar-refractivity contribution in [2.45, 2.75) is 50.5 Å². The molecular weight excluding hydrogens is 550 g/mol. The summed E-state index contributed by atoms with van der Waals surface area (Å²) in [7, 11) is 1.32. The molecule has 6 nitrogen and oxygen atoms in total. The summed E-state index contributed by atoms with van der Waals surface area (Å²) in [6, 6.07) is 27.7. The molecule has 0 aromatic heterocycles. The number of carbonyl (C=O) groups excluding carboxylic acids is 3. The number of hydrogen-bond donors (Lipinski definition) is 1. The number of methoxy groups -OCH3 is 1. The van der Waals surface area contributed by atoms with Crippen LogP contribution in [0.15, 0.2) is 84.9 Å². The second-order valence-corrected chi connectivity index (χ2v) is 13.0. The van der Waals surface area contributed by atoms with Gasteiger partial charge in [0.25, 0.3) is 5.91 Å². The van der Waals surface area contributed by atoms with E-state index in [0.717, 1.165) is 52.3 Å². The van der Waals surface area contributed by atoms with Crippen LogP contribution in [0.1, 0.15) is 70.4 Å². The summed E-state index contributed by atoms with van der Waals surface area (Å²) in [6.45, 7) is 0.0707. The van der Waals surface area contributed by atoms with E-state index in [1.54, 1.807) is 0 Å². The Hall–Kier alpha value is -4.45. The van der Waals surface area contributed by atoms with Gasteiger partial charge in [-0.3, -0.25) is 9.59 Å². The van der Waals surface area contributed by atoms with Crippen LogP contribution in [0.25, 0.3) is 21.9 Å². The first kappa shape index (κ1) is 28.3. The molecule has 0 unspecified atom stereocenters. The lowest BCUT2D eigenvalue weighted by Crippen LogP contribution is -2.49. The average Bonchev–Trinajstić information content (AvgIpc) is 3.05. The topological polar surface area (TPSA) is 81.7 Å². The maximum atomic E-state index is 13.5. The minimum absolute atomic E-state index is 0.0248. The van der Waals surface area contributed by atoms with Crippen molar-refractivity contribution in [3.63, 3.8) is 0 Å². The fraction of sp³-hybridized carbons (Fsp3) is 0.342. The molecule has 0 aliphatic heterocycles. The van der Waals surface area contributed by atoms with E-state index in [2.05, 4.69) is 17.4 Å². The Morgan fingerprint density at radius 3 is 2.25 bits per heavy atom.